The molecule has 1 heterocycles. The molecule has 0 aliphatic carbocycles. The minimum atomic E-state index is -0.971. The predicted molar refractivity (Wildman–Crippen MR) is 91.8 cm³/mol. The molecule has 0 saturated heterocycles. The molecule has 0 fully saturated rings. The van der Waals surface area contributed by atoms with Crippen molar-refractivity contribution in [3.8, 4) is 11.1 Å². The average molecular weight is 323 g/mol. The van der Waals surface area contributed by atoms with Gasteiger partial charge in [-0.05, 0) is 37.1 Å². The molecule has 0 spiro atoms. The number of hydrogen-bond acceptors (Lipinski definition) is 1. The summed E-state index contributed by atoms with van der Waals surface area (Å²) < 4.78 is 15.2. The Kier molecular flexibility index (Phi) is 4.21. The number of hydrogen-bond donors (Lipinski definition) is 1. The van der Waals surface area contributed by atoms with Gasteiger partial charge < -0.3 is 9.67 Å². The van der Waals surface area contributed by atoms with Gasteiger partial charge in [-0.15, -0.1) is 0 Å². The van der Waals surface area contributed by atoms with Crippen LogP contribution >= 0.6 is 0 Å². The molecular formula is C20H18FNO2. The summed E-state index contributed by atoms with van der Waals surface area (Å²) in [6.45, 7) is 4.31. The van der Waals surface area contributed by atoms with E-state index in [0.29, 0.717) is 23.4 Å². The van der Waals surface area contributed by atoms with Crippen LogP contribution in [0.25, 0.3) is 11.1 Å². The maximum atomic E-state index is 13.2. The molecule has 3 nitrogen and oxygen atoms in total. The maximum Gasteiger partial charge on any atom is 0.338 e. The zero-order valence-electron chi connectivity index (χ0n) is 13.6. The molecule has 0 unspecified atom stereocenters. The van der Waals surface area contributed by atoms with Crippen LogP contribution in [-0.4, -0.2) is 15.6 Å². The van der Waals surface area contributed by atoms with Crippen LogP contribution in [0.15, 0.2) is 54.6 Å². The van der Waals surface area contributed by atoms with Gasteiger partial charge in [0, 0.05) is 23.5 Å². The Morgan fingerprint density at radius 3 is 2.21 bits per heavy atom. The van der Waals surface area contributed by atoms with Gasteiger partial charge in [0.2, 0.25) is 0 Å². The molecule has 0 aliphatic heterocycles. The van der Waals surface area contributed by atoms with Gasteiger partial charge in [0.1, 0.15) is 5.82 Å². The van der Waals surface area contributed by atoms with Crippen molar-refractivity contribution < 1.29 is 14.3 Å². The van der Waals surface area contributed by atoms with E-state index in [9.17, 15) is 14.3 Å². The fourth-order valence-corrected chi connectivity index (χ4v) is 3.12. The molecule has 0 saturated carbocycles. The first-order chi connectivity index (χ1) is 11.5. The molecule has 1 aromatic heterocycles. The summed E-state index contributed by atoms with van der Waals surface area (Å²) in [5.74, 6) is -1.31. The first-order valence-electron chi connectivity index (χ1n) is 7.72. The predicted octanol–water partition coefficient (Wildman–Crippen LogP) is 4.66. The second kappa shape index (κ2) is 6.32. The number of carboxylic acids is 1. The monoisotopic (exact) mass is 323 g/mol. The third-order valence-electron chi connectivity index (χ3n) is 4.31. The van der Waals surface area contributed by atoms with E-state index in [-0.39, 0.29) is 11.4 Å². The van der Waals surface area contributed by atoms with Gasteiger partial charge in [-0.1, -0.05) is 42.5 Å². The molecule has 2 aromatic carbocycles. The van der Waals surface area contributed by atoms with Crippen molar-refractivity contribution in [1.82, 2.24) is 4.57 Å². The molecule has 1 N–H and O–H groups in total. The first-order valence-corrected chi connectivity index (χ1v) is 7.72. The number of carbonyl (C=O) groups is 1. The number of aromatic carboxylic acids is 1. The normalized spacial score (nSPS) is 10.8. The number of halogens is 1. The van der Waals surface area contributed by atoms with Crippen molar-refractivity contribution in [3.63, 3.8) is 0 Å². The van der Waals surface area contributed by atoms with Gasteiger partial charge in [0.05, 0.1) is 5.56 Å². The van der Waals surface area contributed by atoms with E-state index in [4.69, 9.17) is 0 Å². The van der Waals surface area contributed by atoms with E-state index < -0.39 is 5.97 Å². The number of benzene rings is 2. The smallest absolute Gasteiger partial charge is 0.338 e. The highest BCUT2D eigenvalue weighted by Gasteiger charge is 2.23. The topological polar surface area (TPSA) is 42.2 Å². The lowest BCUT2D eigenvalue weighted by Crippen LogP contribution is -2.05. The number of carboxylic acid groups (broad SMARTS) is 1. The van der Waals surface area contributed by atoms with Crippen molar-refractivity contribution >= 4 is 5.97 Å². The van der Waals surface area contributed by atoms with Crippen molar-refractivity contribution in [1.29, 1.82) is 0 Å². The lowest BCUT2D eigenvalue weighted by molar-refractivity contribution is 0.0697. The summed E-state index contributed by atoms with van der Waals surface area (Å²) in [4.78, 5) is 11.8. The van der Waals surface area contributed by atoms with Crippen LogP contribution in [0.1, 0.15) is 27.3 Å². The van der Waals surface area contributed by atoms with E-state index in [2.05, 4.69) is 0 Å². The van der Waals surface area contributed by atoms with Crippen LogP contribution < -0.4 is 0 Å². The minimum absolute atomic E-state index is 0.273. The zero-order chi connectivity index (χ0) is 17.3. The van der Waals surface area contributed by atoms with Gasteiger partial charge in [-0.3, -0.25) is 0 Å². The third-order valence-corrected chi connectivity index (χ3v) is 4.31. The van der Waals surface area contributed by atoms with Crippen molar-refractivity contribution in [2.24, 2.45) is 0 Å². The standard InChI is InChI=1S/C20H18FNO2/c1-13-18(16-8-10-17(21)11-9-16)19(20(23)24)14(2)22(13)12-15-6-4-3-5-7-15/h3-11H,12H2,1-2H3,(H,23,24). The second-order valence-corrected chi connectivity index (χ2v) is 5.80. The summed E-state index contributed by atoms with van der Waals surface area (Å²) in [5.41, 5.74) is 4.29. The van der Waals surface area contributed by atoms with Gasteiger partial charge >= 0.3 is 5.97 Å². The largest absolute Gasteiger partial charge is 0.478 e. The highest BCUT2D eigenvalue weighted by molar-refractivity contribution is 5.98. The van der Waals surface area contributed by atoms with Gasteiger partial charge in [0.25, 0.3) is 0 Å². The van der Waals surface area contributed by atoms with Gasteiger partial charge in [0.15, 0.2) is 0 Å². The van der Waals surface area contributed by atoms with Crippen LogP contribution in [0.3, 0.4) is 0 Å². The molecule has 3 rings (SSSR count). The summed E-state index contributed by atoms with van der Waals surface area (Å²) in [6, 6.07) is 15.8. The van der Waals surface area contributed by atoms with Crippen LogP contribution in [0.4, 0.5) is 4.39 Å². The summed E-state index contributed by atoms with van der Waals surface area (Å²) in [5, 5.41) is 9.68. The molecule has 122 valence electrons. The summed E-state index contributed by atoms with van der Waals surface area (Å²) in [7, 11) is 0. The first kappa shape index (κ1) is 16.0. The third kappa shape index (κ3) is 2.83. The van der Waals surface area contributed by atoms with Crippen LogP contribution in [0.5, 0.6) is 0 Å². The lowest BCUT2D eigenvalue weighted by atomic mass is 10.0. The Labute approximate surface area is 140 Å². The Morgan fingerprint density at radius 1 is 1.00 bits per heavy atom. The molecule has 0 amide bonds. The fourth-order valence-electron chi connectivity index (χ4n) is 3.12. The van der Waals surface area contributed by atoms with Gasteiger partial charge in [-0.2, -0.15) is 0 Å². The zero-order valence-corrected chi connectivity index (χ0v) is 13.6. The molecule has 0 bridgehead atoms. The van der Waals surface area contributed by atoms with Crippen LogP contribution in [-0.2, 0) is 6.54 Å². The number of aromatic nitrogens is 1. The van der Waals surface area contributed by atoms with Crippen LogP contribution in [0.2, 0.25) is 0 Å². The highest BCUT2D eigenvalue weighted by atomic mass is 19.1. The molecule has 24 heavy (non-hydrogen) atoms. The minimum Gasteiger partial charge on any atom is -0.478 e. The van der Waals surface area contributed by atoms with Crippen molar-refractivity contribution in [2.75, 3.05) is 0 Å². The Bertz CT molecular complexity index is 880. The molecule has 0 radical (unpaired) electrons. The molecule has 0 aliphatic rings. The van der Waals surface area contributed by atoms with Crippen LogP contribution in [0, 0.1) is 19.7 Å². The van der Waals surface area contributed by atoms with Crippen molar-refractivity contribution in [2.45, 2.75) is 20.4 Å². The van der Waals surface area contributed by atoms with Gasteiger partial charge in [-0.25, -0.2) is 9.18 Å². The highest BCUT2D eigenvalue weighted by Crippen LogP contribution is 2.33. The number of nitrogens with zero attached hydrogens (tertiary/aromatic N) is 1. The Balaban J connectivity index is 2.16. The van der Waals surface area contributed by atoms with E-state index in [0.717, 1.165) is 11.3 Å². The molecular weight excluding hydrogens is 305 g/mol. The van der Waals surface area contributed by atoms with E-state index in [1.54, 1.807) is 12.1 Å². The molecule has 3 aromatic rings. The lowest BCUT2D eigenvalue weighted by Gasteiger charge is -2.10. The van der Waals surface area contributed by atoms with Crippen molar-refractivity contribution in [3.05, 3.63) is 82.9 Å². The second-order valence-electron chi connectivity index (χ2n) is 5.80. The Morgan fingerprint density at radius 2 is 1.62 bits per heavy atom. The average Bonchev–Trinajstić information content (AvgIpc) is 2.81. The van der Waals surface area contributed by atoms with E-state index >= 15 is 0 Å². The number of rotatable bonds is 4. The van der Waals surface area contributed by atoms with E-state index in [1.807, 2.05) is 48.7 Å². The molecule has 4 heteroatoms. The van der Waals surface area contributed by atoms with E-state index in [1.165, 1.54) is 12.1 Å². The maximum absolute atomic E-state index is 13.2. The SMILES string of the molecule is Cc1c(C(=O)O)c(-c2ccc(F)cc2)c(C)n1Cc1ccccc1. The summed E-state index contributed by atoms with van der Waals surface area (Å²) >= 11 is 0. The summed E-state index contributed by atoms with van der Waals surface area (Å²) in [6.07, 6.45) is 0. The quantitative estimate of drug-likeness (QED) is 0.759. The molecule has 0 atom stereocenters. The fraction of sp³-hybridized carbons (Fsp3) is 0.150. The Hall–Kier alpha value is -2.88.